The Morgan fingerprint density at radius 1 is 1.44 bits per heavy atom. The number of anilines is 1. The summed E-state index contributed by atoms with van der Waals surface area (Å²) in [6.07, 6.45) is 6.57. The molecule has 1 heterocycles. The summed E-state index contributed by atoms with van der Waals surface area (Å²) < 4.78 is 5.37. The van der Waals surface area contributed by atoms with E-state index < -0.39 is 0 Å². The van der Waals surface area contributed by atoms with Gasteiger partial charge in [0.25, 0.3) is 0 Å². The van der Waals surface area contributed by atoms with E-state index in [2.05, 4.69) is 15.3 Å². The number of alkyl halides is 1. The van der Waals surface area contributed by atoms with Crippen LogP contribution in [-0.2, 0) is 0 Å². The molecule has 0 aromatic carbocycles. The Hall–Kier alpha value is -1.03. The molecule has 0 aliphatic heterocycles. The molecule has 0 amide bonds. The molecule has 1 N–H and O–H groups in total. The average molecular weight is 270 g/mol. The maximum Gasteiger partial charge on any atom is 0.226 e. The number of halogens is 1. The van der Waals surface area contributed by atoms with Gasteiger partial charge in [-0.15, -0.1) is 11.6 Å². The SMILES string of the molecule is CCOc1ccnc(NC2CCCCC2CCl)n1. The van der Waals surface area contributed by atoms with Crippen molar-refractivity contribution in [1.29, 1.82) is 0 Å². The van der Waals surface area contributed by atoms with Crippen LogP contribution in [0.15, 0.2) is 12.3 Å². The van der Waals surface area contributed by atoms with E-state index in [-0.39, 0.29) is 0 Å². The number of aromatic nitrogens is 2. The molecule has 0 radical (unpaired) electrons. The van der Waals surface area contributed by atoms with E-state index in [1.807, 2.05) is 6.92 Å². The van der Waals surface area contributed by atoms with Crippen molar-refractivity contribution in [2.24, 2.45) is 5.92 Å². The number of nitrogens with one attached hydrogen (secondary N) is 1. The molecule has 2 unspecified atom stereocenters. The zero-order valence-corrected chi connectivity index (χ0v) is 11.5. The molecule has 2 atom stereocenters. The maximum absolute atomic E-state index is 6.02. The molecule has 1 aromatic heterocycles. The third-order valence-electron chi connectivity index (χ3n) is 3.34. The highest BCUT2D eigenvalue weighted by Crippen LogP contribution is 2.27. The van der Waals surface area contributed by atoms with Gasteiger partial charge in [-0.1, -0.05) is 12.8 Å². The van der Waals surface area contributed by atoms with Gasteiger partial charge >= 0.3 is 0 Å². The lowest BCUT2D eigenvalue weighted by atomic mass is 9.86. The number of hydrogen-bond donors (Lipinski definition) is 1. The van der Waals surface area contributed by atoms with Crippen LogP contribution in [0.4, 0.5) is 5.95 Å². The third-order valence-corrected chi connectivity index (χ3v) is 3.74. The zero-order valence-electron chi connectivity index (χ0n) is 10.7. The molecule has 4 nitrogen and oxygen atoms in total. The van der Waals surface area contributed by atoms with Crippen LogP contribution in [0.25, 0.3) is 0 Å². The standard InChI is InChI=1S/C13H20ClN3O/c1-2-18-12-7-8-15-13(17-12)16-11-6-4-3-5-10(11)9-14/h7-8,10-11H,2-6,9H2,1H3,(H,15,16,17). The number of hydrogen-bond acceptors (Lipinski definition) is 4. The van der Waals surface area contributed by atoms with Crippen LogP contribution in [0.2, 0.25) is 0 Å². The molecule has 18 heavy (non-hydrogen) atoms. The van der Waals surface area contributed by atoms with E-state index in [4.69, 9.17) is 16.3 Å². The molecule has 1 aliphatic carbocycles. The molecule has 1 fully saturated rings. The molecule has 0 bridgehead atoms. The predicted octanol–water partition coefficient (Wildman–Crippen LogP) is 3.08. The second-order valence-electron chi connectivity index (χ2n) is 4.60. The summed E-state index contributed by atoms with van der Waals surface area (Å²) in [4.78, 5) is 8.58. The van der Waals surface area contributed by atoms with Gasteiger partial charge in [-0.3, -0.25) is 0 Å². The van der Waals surface area contributed by atoms with Crippen molar-refractivity contribution in [1.82, 2.24) is 9.97 Å². The molecular weight excluding hydrogens is 250 g/mol. The second kappa shape index (κ2) is 6.78. The summed E-state index contributed by atoms with van der Waals surface area (Å²) in [6.45, 7) is 2.56. The molecule has 1 saturated carbocycles. The molecule has 1 aromatic rings. The fourth-order valence-electron chi connectivity index (χ4n) is 2.39. The average Bonchev–Trinajstić information content (AvgIpc) is 2.40. The Morgan fingerprint density at radius 3 is 3.06 bits per heavy atom. The Bertz CT molecular complexity index is 375. The Labute approximate surface area is 113 Å². The molecule has 1 aliphatic rings. The first kappa shape index (κ1) is 13.4. The fraction of sp³-hybridized carbons (Fsp3) is 0.692. The van der Waals surface area contributed by atoms with Crippen molar-refractivity contribution in [3.63, 3.8) is 0 Å². The third kappa shape index (κ3) is 3.48. The highest BCUT2D eigenvalue weighted by molar-refractivity contribution is 6.18. The van der Waals surface area contributed by atoms with E-state index in [9.17, 15) is 0 Å². The van der Waals surface area contributed by atoms with Gasteiger partial charge < -0.3 is 10.1 Å². The van der Waals surface area contributed by atoms with E-state index in [1.54, 1.807) is 12.3 Å². The Kier molecular flexibility index (Phi) is 5.05. The van der Waals surface area contributed by atoms with Gasteiger partial charge in [0.15, 0.2) is 0 Å². The van der Waals surface area contributed by atoms with Crippen LogP contribution in [0.1, 0.15) is 32.6 Å². The van der Waals surface area contributed by atoms with Crippen molar-refractivity contribution in [3.05, 3.63) is 12.3 Å². The summed E-state index contributed by atoms with van der Waals surface area (Å²) in [5.41, 5.74) is 0. The summed E-state index contributed by atoms with van der Waals surface area (Å²) in [6, 6.07) is 2.15. The quantitative estimate of drug-likeness (QED) is 0.835. The van der Waals surface area contributed by atoms with Gasteiger partial charge in [-0.05, 0) is 25.7 Å². The fourth-order valence-corrected chi connectivity index (χ4v) is 2.76. The first-order valence-corrected chi connectivity index (χ1v) is 7.15. The predicted molar refractivity (Wildman–Crippen MR) is 73.3 cm³/mol. The second-order valence-corrected chi connectivity index (χ2v) is 4.91. The van der Waals surface area contributed by atoms with E-state index in [0.29, 0.717) is 36.3 Å². The van der Waals surface area contributed by atoms with Crippen molar-refractivity contribution in [3.8, 4) is 5.88 Å². The first-order chi connectivity index (χ1) is 8.83. The Morgan fingerprint density at radius 2 is 2.28 bits per heavy atom. The van der Waals surface area contributed by atoms with Gasteiger partial charge in [0, 0.05) is 24.2 Å². The van der Waals surface area contributed by atoms with Gasteiger partial charge in [-0.2, -0.15) is 4.98 Å². The molecule has 2 rings (SSSR count). The van der Waals surface area contributed by atoms with Crippen LogP contribution >= 0.6 is 11.6 Å². The maximum atomic E-state index is 6.02. The molecular formula is C13H20ClN3O. The topological polar surface area (TPSA) is 47.0 Å². The largest absolute Gasteiger partial charge is 0.478 e. The van der Waals surface area contributed by atoms with Gasteiger partial charge in [-0.25, -0.2) is 4.98 Å². The highest BCUT2D eigenvalue weighted by atomic mass is 35.5. The minimum atomic E-state index is 0.383. The lowest BCUT2D eigenvalue weighted by Crippen LogP contribution is -2.33. The van der Waals surface area contributed by atoms with Crippen molar-refractivity contribution in [2.45, 2.75) is 38.6 Å². The number of nitrogens with zero attached hydrogens (tertiary/aromatic N) is 2. The summed E-state index contributed by atoms with van der Waals surface area (Å²) in [7, 11) is 0. The highest BCUT2D eigenvalue weighted by Gasteiger charge is 2.24. The van der Waals surface area contributed by atoms with Gasteiger partial charge in [0.1, 0.15) is 0 Å². The number of rotatable bonds is 5. The first-order valence-electron chi connectivity index (χ1n) is 6.61. The van der Waals surface area contributed by atoms with Crippen molar-refractivity contribution in [2.75, 3.05) is 17.8 Å². The minimum Gasteiger partial charge on any atom is -0.478 e. The minimum absolute atomic E-state index is 0.383. The molecule has 0 saturated heterocycles. The summed E-state index contributed by atoms with van der Waals surface area (Å²) in [5, 5.41) is 3.39. The Balaban J connectivity index is 2.00. The van der Waals surface area contributed by atoms with Crippen molar-refractivity contribution >= 4 is 17.5 Å². The molecule has 100 valence electrons. The zero-order chi connectivity index (χ0) is 12.8. The lowest BCUT2D eigenvalue weighted by molar-refractivity contribution is 0.325. The summed E-state index contributed by atoms with van der Waals surface area (Å²) in [5.74, 6) is 2.47. The molecule has 5 heteroatoms. The van der Waals surface area contributed by atoms with Gasteiger partial charge in [0.2, 0.25) is 11.8 Å². The smallest absolute Gasteiger partial charge is 0.226 e. The van der Waals surface area contributed by atoms with Gasteiger partial charge in [0.05, 0.1) is 6.61 Å². The van der Waals surface area contributed by atoms with E-state index >= 15 is 0 Å². The van der Waals surface area contributed by atoms with Crippen LogP contribution in [0.3, 0.4) is 0 Å². The summed E-state index contributed by atoms with van der Waals surface area (Å²) >= 11 is 6.02. The monoisotopic (exact) mass is 269 g/mol. The van der Waals surface area contributed by atoms with Crippen molar-refractivity contribution < 1.29 is 4.74 Å². The van der Waals surface area contributed by atoms with Crippen LogP contribution in [-0.4, -0.2) is 28.5 Å². The van der Waals surface area contributed by atoms with Crippen LogP contribution in [0, 0.1) is 5.92 Å². The lowest BCUT2D eigenvalue weighted by Gasteiger charge is -2.30. The number of ether oxygens (including phenoxy) is 1. The van der Waals surface area contributed by atoms with Crippen LogP contribution in [0.5, 0.6) is 5.88 Å². The molecule has 0 spiro atoms. The van der Waals surface area contributed by atoms with E-state index in [1.165, 1.54) is 19.3 Å². The van der Waals surface area contributed by atoms with Crippen LogP contribution < -0.4 is 10.1 Å². The van der Waals surface area contributed by atoms with E-state index in [0.717, 1.165) is 6.42 Å². The normalized spacial score (nSPS) is 23.7.